The van der Waals surface area contributed by atoms with E-state index in [0.29, 0.717) is 25.7 Å². The normalized spacial score (nSPS) is 25.0. The van der Waals surface area contributed by atoms with Gasteiger partial charge in [-0.1, -0.05) is 50.1 Å². The highest BCUT2D eigenvalue weighted by Gasteiger charge is 2.45. The largest absolute Gasteiger partial charge is 0.445 e. The van der Waals surface area contributed by atoms with Crippen molar-refractivity contribution in [1.29, 1.82) is 0 Å². The van der Waals surface area contributed by atoms with Crippen LogP contribution in [0.3, 0.4) is 0 Å². The van der Waals surface area contributed by atoms with Gasteiger partial charge in [0.25, 0.3) is 0 Å². The Balaban J connectivity index is 1.52. The third kappa shape index (κ3) is 4.95. The molecule has 1 aliphatic heterocycles. The third-order valence-corrected chi connectivity index (χ3v) is 5.24. The van der Waals surface area contributed by atoms with Gasteiger partial charge in [0.15, 0.2) is 5.79 Å². The van der Waals surface area contributed by atoms with E-state index in [0.717, 1.165) is 44.1 Å². The molecule has 0 unspecified atom stereocenters. The smallest absolute Gasteiger partial charge is 0.407 e. The number of rotatable bonds is 6. The van der Waals surface area contributed by atoms with Gasteiger partial charge >= 0.3 is 6.09 Å². The molecule has 5 nitrogen and oxygen atoms in total. The highest BCUT2D eigenvalue weighted by atomic mass is 16.7. The number of nitrogens with one attached hydrogen (secondary N) is 1. The molecule has 1 N–H and O–H groups in total. The quantitative estimate of drug-likeness (QED) is 0.844. The average Bonchev–Trinajstić information content (AvgIpc) is 3.09. The lowest BCUT2D eigenvalue weighted by molar-refractivity contribution is -0.191. The molecule has 2 fully saturated rings. The summed E-state index contributed by atoms with van der Waals surface area (Å²) < 4.78 is 17.2. The number of alkyl carbamates (subject to hydrolysis) is 1. The number of carbonyl (C=O) groups is 1. The summed E-state index contributed by atoms with van der Waals surface area (Å²) in [6.07, 6.45) is 5.60. The number of hydrogen-bond donors (Lipinski definition) is 1. The molecule has 5 heteroatoms. The first-order chi connectivity index (χ1) is 12.2. The van der Waals surface area contributed by atoms with Crippen LogP contribution >= 0.6 is 0 Å². The maximum Gasteiger partial charge on any atom is 0.407 e. The molecule has 1 aromatic rings. The summed E-state index contributed by atoms with van der Waals surface area (Å²) in [5, 5.41) is 3.08. The lowest BCUT2D eigenvalue weighted by atomic mass is 9.78. The second-order valence-electron chi connectivity index (χ2n) is 7.07. The van der Waals surface area contributed by atoms with Crippen LogP contribution in [0.4, 0.5) is 4.79 Å². The van der Waals surface area contributed by atoms with Crippen LogP contribution < -0.4 is 5.32 Å². The molecule has 2 aliphatic rings. The highest BCUT2D eigenvalue weighted by Crippen LogP contribution is 2.40. The maximum atomic E-state index is 12.2. The molecular weight excluding hydrogens is 318 g/mol. The Kier molecular flexibility index (Phi) is 6.32. The van der Waals surface area contributed by atoms with E-state index < -0.39 is 5.79 Å². The lowest BCUT2D eigenvalue weighted by Gasteiger charge is -2.41. The van der Waals surface area contributed by atoms with Gasteiger partial charge < -0.3 is 19.5 Å². The number of hydrogen-bond acceptors (Lipinski definition) is 4. The Hall–Kier alpha value is -1.59. The Morgan fingerprint density at radius 3 is 2.76 bits per heavy atom. The summed E-state index contributed by atoms with van der Waals surface area (Å²) in [6, 6.07) is 9.88. The van der Waals surface area contributed by atoms with Crippen LogP contribution in [0, 0.1) is 5.92 Å². The van der Waals surface area contributed by atoms with Crippen molar-refractivity contribution in [1.82, 2.24) is 5.32 Å². The summed E-state index contributed by atoms with van der Waals surface area (Å²) >= 11 is 0. The van der Waals surface area contributed by atoms with Gasteiger partial charge in [-0.25, -0.2) is 4.79 Å². The first-order valence-corrected chi connectivity index (χ1v) is 9.46. The van der Waals surface area contributed by atoms with Gasteiger partial charge in [-0.3, -0.25) is 0 Å². The fraction of sp³-hybridized carbons (Fsp3) is 0.650. The zero-order valence-electron chi connectivity index (χ0n) is 15.0. The van der Waals surface area contributed by atoms with Gasteiger partial charge in [-0.05, 0) is 24.3 Å². The molecular formula is C20H29NO4. The first kappa shape index (κ1) is 18.2. The van der Waals surface area contributed by atoms with E-state index in [9.17, 15) is 4.79 Å². The molecule has 1 spiro atoms. The summed E-state index contributed by atoms with van der Waals surface area (Å²) in [6.45, 7) is 3.85. The topological polar surface area (TPSA) is 56.8 Å². The van der Waals surface area contributed by atoms with E-state index in [-0.39, 0.29) is 12.1 Å². The number of benzene rings is 1. The number of ether oxygens (including phenoxy) is 3. The van der Waals surface area contributed by atoms with E-state index >= 15 is 0 Å². The molecule has 2 atom stereocenters. The summed E-state index contributed by atoms with van der Waals surface area (Å²) in [5.41, 5.74) is 0.996. The predicted molar refractivity (Wildman–Crippen MR) is 95.1 cm³/mol. The third-order valence-electron chi connectivity index (χ3n) is 5.24. The van der Waals surface area contributed by atoms with Crippen LogP contribution in [-0.4, -0.2) is 31.1 Å². The minimum Gasteiger partial charge on any atom is -0.445 e. The minimum absolute atomic E-state index is 0.133. The van der Waals surface area contributed by atoms with Gasteiger partial charge in [0.05, 0.1) is 13.2 Å². The second kappa shape index (κ2) is 8.68. The first-order valence-electron chi connectivity index (χ1n) is 9.46. The van der Waals surface area contributed by atoms with Crippen LogP contribution in [0.15, 0.2) is 30.3 Å². The van der Waals surface area contributed by atoms with Crippen molar-refractivity contribution in [3.8, 4) is 0 Å². The van der Waals surface area contributed by atoms with Gasteiger partial charge in [-0.2, -0.15) is 0 Å². The van der Waals surface area contributed by atoms with E-state index in [1.807, 2.05) is 30.3 Å². The molecule has 3 rings (SSSR count). The second-order valence-corrected chi connectivity index (χ2v) is 7.07. The van der Waals surface area contributed by atoms with Crippen molar-refractivity contribution in [3.63, 3.8) is 0 Å². The zero-order chi connectivity index (χ0) is 17.5. The van der Waals surface area contributed by atoms with Crippen molar-refractivity contribution in [2.75, 3.05) is 13.2 Å². The molecule has 1 saturated carbocycles. The van der Waals surface area contributed by atoms with Crippen LogP contribution in [-0.2, 0) is 20.8 Å². The SMILES string of the molecule is CCCC[C@H]1CC2(CC[C@@H]1NC(=O)OCc1ccccc1)OCCO2. The van der Waals surface area contributed by atoms with E-state index in [4.69, 9.17) is 14.2 Å². The Morgan fingerprint density at radius 2 is 2.04 bits per heavy atom. The number of amides is 1. The van der Waals surface area contributed by atoms with Crippen LogP contribution in [0.5, 0.6) is 0 Å². The summed E-state index contributed by atoms with van der Waals surface area (Å²) in [7, 11) is 0. The Labute approximate surface area is 150 Å². The molecule has 1 saturated heterocycles. The zero-order valence-corrected chi connectivity index (χ0v) is 15.0. The minimum atomic E-state index is -0.412. The lowest BCUT2D eigenvalue weighted by Crippen LogP contribution is -2.49. The Morgan fingerprint density at radius 1 is 1.28 bits per heavy atom. The van der Waals surface area contributed by atoms with Crippen LogP contribution in [0.2, 0.25) is 0 Å². The van der Waals surface area contributed by atoms with Crippen LogP contribution in [0.25, 0.3) is 0 Å². The van der Waals surface area contributed by atoms with Crippen molar-refractivity contribution in [2.24, 2.45) is 5.92 Å². The number of unbranched alkanes of at least 4 members (excludes halogenated alkanes) is 1. The van der Waals surface area contributed by atoms with Gasteiger partial charge in [-0.15, -0.1) is 0 Å². The van der Waals surface area contributed by atoms with E-state index in [1.54, 1.807) is 0 Å². The van der Waals surface area contributed by atoms with Crippen molar-refractivity contribution < 1.29 is 19.0 Å². The molecule has 25 heavy (non-hydrogen) atoms. The molecule has 1 aliphatic carbocycles. The predicted octanol–water partition coefficient (Wildman–Crippen LogP) is 4.01. The fourth-order valence-corrected chi connectivity index (χ4v) is 3.89. The molecule has 1 aromatic carbocycles. The van der Waals surface area contributed by atoms with Crippen molar-refractivity contribution >= 4 is 6.09 Å². The van der Waals surface area contributed by atoms with Crippen molar-refractivity contribution in [3.05, 3.63) is 35.9 Å². The maximum absolute atomic E-state index is 12.2. The van der Waals surface area contributed by atoms with Crippen LogP contribution in [0.1, 0.15) is 51.0 Å². The summed E-state index contributed by atoms with van der Waals surface area (Å²) in [5.74, 6) is -0.0408. The van der Waals surface area contributed by atoms with Gasteiger partial charge in [0, 0.05) is 18.9 Å². The molecule has 0 bridgehead atoms. The van der Waals surface area contributed by atoms with Gasteiger partial charge in [0.2, 0.25) is 0 Å². The standard InChI is InChI=1S/C20H29NO4/c1-2-3-9-17-14-20(24-12-13-25-20)11-10-18(17)21-19(22)23-15-16-7-5-4-6-8-16/h4-8,17-18H,2-3,9-15H2,1H3,(H,21,22)/t17-,18-/m0/s1. The molecule has 0 radical (unpaired) electrons. The van der Waals surface area contributed by atoms with Crippen molar-refractivity contribution in [2.45, 2.75) is 63.9 Å². The highest BCUT2D eigenvalue weighted by molar-refractivity contribution is 5.67. The number of carbonyl (C=O) groups excluding carboxylic acids is 1. The van der Waals surface area contributed by atoms with Gasteiger partial charge in [0.1, 0.15) is 6.61 Å². The molecule has 0 aromatic heterocycles. The monoisotopic (exact) mass is 347 g/mol. The fourth-order valence-electron chi connectivity index (χ4n) is 3.89. The molecule has 1 amide bonds. The molecule has 138 valence electrons. The van der Waals surface area contributed by atoms with E-state index in [1.165, 1.54) is 0 Å². The van der Waals surface area contributed by atoms with E-state index in [2.05, 4.69) is 12.2 Å². The Bertz CT molecular complexity index is 542. The average molecular weight is 347 g/mol. The summed E-state index contributed by atoms with van der Waals surface area (Å²) in [4.78, 5) is 12.2. The molecule has 1 heterocycles.